The van der Waals surface area contributed by atoms with Crippen LogP contribution in [0.3, 0.4) is 0 Å². The Balaban J connectivity index is 2.19. The molecule has 0 aliphatic heterocycles. The molecule has 5 heteroatoms. The van der Waals surface area contributed by atoms with Gasteiger partial charge in [0.25, 0.3) is 0 Å². The minimum absolute atomic E-state index is 0.696. The van der Waals surface area contributed by atoms with Crippen LogP contribution in [-0.4, -0.2) is 24.9 Å². The molecular formula is C11H9N5. The van der Waals surface area contributed by atoms with Gasteiger partial charge in [-0.25, -0.2) is 15.0 Å². The summed E-state index contributed by atoms with van der Waals surface area (Å²) < 4.78 is 0. The van der Waals surface area contributed by atoms with E-state index >= 15 is 0 Å². The summed E-state index contributed by atoms with van der Waals surface area (Å²) in [7, 11) is 0. The van der Waals surface area contributed by atoms with Crippen molar-refractivity contribution in [3.63, 3.8) is 0 Å². The Kier molecular flexibility index (Phi) is 1.89. The summed E-state index contributed by atoms with van der Waals surface area (Å²) in [4.78, 5) is 20.1. The molecule has 0 saturated carbocycles. The van der Waals surface area contributed by atoms with Gasteiger partial charge in [-0.3, -0.25) is 4.98 Å². The predicted molar refractivity (Wildman–Crippen MR) is 59.7 cm³/mol. The van der Waals surface area contributed by atoms with Crippen LogP contribution in [0.25, 0.3) is 22.7 Å². The molecule has 0 fully saturated rings. The first kappa shape index (κ1) is 8.96. The number of aryl methyl sites for hydroxylation is 1. The van der Waals surface area contributed by atoms with E-state index in [0.29, 0.717) is 11.5 Å². The number of fused-ring (bicyclic) bond motifs is 1. The third-order valence-electron chi connectivity index (χ3n) is 2.29. The molecule has 78 valence electrons. The van der Waals surface area contributed by atoms with E-state index in [9.17, 15) is 0 Å². The number of aromatic amines is 1. The van der Waals surface area contributed by atoms with Gasteiger partial charge in [0, 0.05) is 18.1 Å². The molecule has 0 atom stereocenters. The molecule has 0 amide bonds. The lowest BCUT2D eigenvalue weighted by molar-refractivity contribution is 1.16. The highest BCUT2D eigenvalue weighted by Crippen LogP contribution is 2.16. The summed E-state index contributed by atoms with van der Waals surface area (Å²) in [6, 6.07) is 3.91. The van der Waals surface area contributed by atoms with Gasteiger partial charge in [0.2, 0.25) is 0 Å². The van der Waals surface area contributed by atoms with Gasteiger partial charge in [-0.2, -0.15) is 0 Å². The highest BCUT2D eigenvalue weighted by molar-refractivity contribution is 5.74. The number of aromatic nitrogens is 5. The van der Waals surface area contributed by atoms with E-state index in [-0.39, 0.29) is 0 Å². The average Bonchev–Trinajstić information content (AvgIpc) is 2.73. The van der Waals surface area contributed by atoms with Crippen molar-refractivity contribution in [2.75, 3.05) is 0 Å². The van der Waals surface area contributed by atoms with Crippen LogP contribution in [0.4, 0.5) is 0 Å². The Bertz CT molecular complexity index is 629. The Morgan fingerprint density at radius 3 is 2.88 bits per heavy atom. The van der Waals surface area contributed by atoms with Crippen LogP contribution in [0.5, 0.6) is 0 Å². The van der Waals surface area contributed by atoms with E-state index in [1.165, 1.54) is 0 Å². The van der Waals surface area contributed by atoms with Crippen LogP contribution in [0, 0.1) is 6.92 Å². The first-order valence-corrected chi connectivity index (χ1v) is 4.93. The molecule has 0 unspecified atom stereocenters. The number of nitrogens with zero attached hydrogens (tertiary/aromatic N) is 4. The van der Waals surface area contributed by atoms with Crippen molar-refractivity contribution in [1.29, 1.82) is 0 Å². The van der Waals surface area contributed by atoms with Crippen molar-refractivity contribution in [1.82, 2.24) is 24.9 Å². The lowest BCUT2D eigenvalue weighted by Gasteiger charge is -1.91. The normalized spacial score (nSPS) is 10.8. The van der Waals surface area contributed by atoms with Gasteiger partial charge in [-0.1, -0.05) is 0 Å². The number of H-pyrrole nitrogens is 1. The van der Waals surface area contributed by atoms with Crippen molar-refractivity contribution >= 4 is 11.2 Å². The van der Waals surface area contributed by atoms with Gasteiger partial charge in [0.05, 0.1) is 11.7 Å². The summed E-state index contributed by atoms with van der Waals surface area (Å²) in [5.41, 5.74) is 3.29. The summed E-state index contributed by atoms with van der Waals surface area (Å²) in [6.07, 6.45) is 4.94. The van der Waals surface area contributed by atoms with Crippen molar-refractivity contribution in [2.24, 2.45) is 0 Å². The van der Waals surface area contributed by atoms with Crippen LogP contribution in [0.2, 0.25) is 0 Å². The molecule has 3 aromatic heterocycles. The molecule has 0 bridgehead atoms. The fourth-order valence-electron chi connectivity index (χ4n) is 1.53. The summed E-state index contributed by atoms with van der Waals surface area (Å²) >= 11 is 0. The topological polar surface area (TPSA) is 67.3 Å². The van der Waals surface area contributed by atoms with Crippen LogP contribution in [0.15, 0.2) is 30.7 Å². The number of pyridine rings is 1. The third kappa shape index (κ3) is 1.42. The van der Waals surface area contributed by atoms with Crippen LogP contribution in [-0.2, 0) is 0 Å². The Labute approximate surface area is 91.6 Å². The summed E-state index contributed by atoms with van der Waals surface area (Å²) in [5, 5.41) is 0. The van der Waals surface area contributed by atoms with Gasteiger partial charge in [-0.15, -0.1) is 0 Å². The van der Waals surface area contributed by atoms with E-state index in [1.807, 2.05) is 19.1 Å². The quantitative estimate of drug-likeness (QED) is 0.665. The van der Waals surface area contributed by atoms with Gasteiger partial charge >= 0.3 is 0 Å². The monoisotopic (exact) mass is 211 g/mol. The van der Waals surface area contributed by atoms with E-state index in [4.69, 9.17) is 0 Å². The minimum atomic E-state index is 0.696. The molecule has 0 aliphatic rings. The first-order valence-electron chi connectivity index (χ1n) is 4.93. The van der Waals surface area contributed by atoms with Gasteiger partial charge in [0.1, 0.15) is 5.69 Å². The number of imidazole rings is 1. The second kappa shape index (κ2) is 3.37. The molecule has 16 heavy (non-hydrogen) atoms. The van der Waals surface area contributed by atoms with E-state index in [2.05, 4.69) is 24.9 Å². The zero-order valence-corrected chi connectivity index (χ0v) is 8.68. The predicted octanol–water partition coefficient (Wildman–Crippen LogP) is 1.72. The average molecular weight is 211 g/mol. The van der Waals surface area contributed by atoms with Crippen LogP contribution < -0.4 is 0 Å². The van der Waals surface area contributed by atoms with E-state index < -0.39 is 0 Å². The SMILES string of the molecule is Cc1ccc2[nH]c(-c3cnccn3)nc2n1. The standard InChI is InChI=1S/C11H9N5/c1-7-2-3-8-10(14-7)16-11(15-8)9-6-12-4-5-13-9/h2-6H,1H3,(H,14,15,16). The molecule has 0 aromatic carbocycles. The van der Waals surface area contributed by atoms with Crippen molar-refractivity contribution < 1.29 is 0 Å². The van der Waals surface area contributed by atoms with E-state index in [1.54, 1.807) is 18.6 Å². The van der Waals surface area contributed by atoms with Crippen molar-refractivity contribution in [2.45, 2.75) is 6.92 Å². The maximum Gasteiger partial charge on any atom is 0.178 e. The zero-order valence-electron chi connectivity index (χ0n) is 8.68. The maximum atomic E-state index is 4.37. The Hall–Kier alpha value is -2.30. The Morgan fingerprint density at radius 2 is 2.06 bits per heavy atom. The number of hydrogen-bond acceptors (Lipinski definition) is 4. The molecule has 0 aliphatic carbocycles. The van der Waals surface area contributed by atoms with Gasteiger partial charge < -0.3 is 4.98 Å². The van der Waals surface area contributed by atoms with Crippen molar-refractivity contribution in [3.05, 3.63) is 36.4 Å². The zero-order chi connectivity index (χ0) is 11.0. The smallest absolute Gasteiger partial charge is 0.178 e. The fraction of sp³-hybridized carbons (Fsp3) is 0.0909. The molecular weight excluding hydrogens is 202 g/mol. The number of rotatable bonds is 1. The summed E-state index contributed by atoms with van der Waals surface area (Å²) in [6.45, 7) is 1.94. The lowest BCUT2D eigenvalue weighted by Crippen LogP contribution is -1.85. The first-order chi connectivity index (χ1) is 7.83. The largest absolute Gasteiger partial charge is 0.335 e. The summed E-state index contributed by atoms with van der Waals surface area (Å²) in [5.74, 6) is 0.696. The molecule has 0 radical (unpaired) electrons. The molecule has 0 saturated heterocycles. The maximum absolute atomic E-state index is 4.37. The van der Waals surface area contributed by atoms with Crippen molar-refractivity contribution in [3.8, 4) is 11.5 Å². The highest BCUT2D eigenvalue weighted by atomic mass is 15.0. The Morgan fingerprint density at radius 1 is 1.12 bits per heavy atom. The van der Waals surface area contributed by atoms with E-state index in [0.717, 1.165) is 16.9 Å². The molecule has 5 nitrogen and oxygen atoms in total. The molecule has 0 spiro atoms. The molecule has 3 rings (SSSR count). The number of hydrogen-bond donors (Lipinski definition) is 1. The molecule has 3 heterocycles. The highest BCUT2D eigenvalue weighted by Gasteiger charge is 2.06. The fourth-order valence-corrected chi connectivity index (χ4v) is 1.53. The minimum Gasteiger partial charge on any atom is -0.335 e. The number of nitrogens with one attached hydrogen (secondary N) is 1. The third-order valence-corrected chi connectivity index (χ3v) is 2.29. The molecule has 3 aromatic rings. The van der Waals surface area contributed by atoms with Crippen LogP contribution in [0.1, 0.15) is 5.69 Å². The van der Waals surface area contributed by atoms with Gasteiger partial charge in [0.15, 0.2) is 11.5 Å². The second-order valence-corrected chi connectivity index (χ2v) is 3.50. The molecule has 1 N–H and O–H groups in total. The van der Waals surface area contributed by atoms with Crippen LogP contribution >= 0.6 is 0 Å². The lowest BCUT2D eigenvalue weighted by atomic mass is 10.3. The van der Waals surface area contributed by atoms with Gasteiger partial charge in [-0.05, 0) is 19.1 Å². The second-order valence-electron chi connectivity index (χ2n) is 3.50.